The van der Waals surface area contributed by atoms with Crippen molar-refractivity contribution in [2.24, 2.45) is 0 Å². The van der Waals surface area contributed by atoms with E-state index in [0.29, 0.717) is 31.3 Å². The van der Waals surface area contributed by atoms with Crippen molar-refractivity contribution < 1.29 is 19.3 Å². The van der Waals surface area contributed by atoms with Crippen molar-refractivity contribution in [1.29, 1.82) is 0 Å². The molecule has 3 aromatic rings. The largest absolute Gasteiger partial charge is 0.497 e. The van der Waals surface area contributed by atoms with Crippen LogP contribution in [0.4, 0.5) is 0 Å². The average molecular weight is 440 g/mol. The van der Waals surface area contributed by atoms with E-state index in [0.717, 1.165) is 35.7 Å². The molecule has 0 amide bonds. The summed E-state index contributed by atoms with van der Waals surface area (Å²) in [7, 11) is 3.23. The molecule has 1 heterocycles. The number of methoxy groups -OCH3 is 2. The molecule has 1 N–H and O–H groups in total. The maximum absolute atomic E-state index is 10.3. The van der Waals surface area contributed by atoms with Gasteiger partial charge < -0.3 is 19.3 Å². The Kier molecular flexibility index (Phi) is 8.67. The third-order valence-electron chi connectivity index (χ3n) is 5.14. The first-order valence-electron chi connectivity index (χ1n) is 10.9. The predicted octanol–water partition coefficient (Wildman–Crippen LogP) is 4.20. The Bertz CT molecular complexity index is 975. The molecule has 0 saturated heterocycles. The van der Waals surface area contributed by atoms with Crippen LogP contribution in [0.25, 0.3) is 5.69 Å². The van der Waals surface area contributed by atoms with E-state index in [1.807, 2.05) is 66.2 Å². The molecule has 7 heteroatoms. The van der Waals surface area contributed by atoms with E-state index in [2.05, 4.69) is 11.8 Å². The number of rotatable bonds is 12. The van der Waals surface area contributed by atoms with Gasteiger partial charge in [0.15, 0.2) is 0 Å². The number of hydrogen-bond donors (Lipinski definition) is 1. The lowest BCUT2D eigenvalue weighted by Crippen LogP contribution is -2.35. The molecule has 0 aliphatic carbocycles. The second-order valence-electron chi connectivity index (χ2n) is 7.74. The molecule has 2 aromatic carbocycles. The normalized spacial score (nSPS) is 12.2. The van der Waals surface area contributed by atoms with Crippen LogP contribution >= 0.6 is 0 Å². The van der Waals surface area contributed by atoms with Crippen molar-refractivity contribution in [3.63, 3.8) is 0 Å². The van der Waals surface area contributed by atoms with Crippen LogP contribution in [-0.4, -0.2) is 59.8 Å². The summed E-state index contributed by atoms with van der Waals surface area (Å²) in [6, 6.07) is 17.5. The van der Waals surface area contributed by atoms with Crippen molar-refractivity contribution in [1.82, 2.24) is 14.7 Å². The van der Waals surface area contributed by atoms with E-state index < -0.39 is 6.10 Å². The molecular weight excluding hydrogens is 406 g/mol. The first kappa shape index (κ1) is 23.8. The number of hydrogen-bond acceptors (Lipinski definition) is 6. The first-order chi connectivity index (χ1) is 15.5. The van der Waals surface area contributed by atoms with Gasteiger partial charge in [-0.2, -0.15) is 5.10 Å². The lowest BCUT2D eigenvalue weighted by atomic mass is 10.2. The van der Waals surface area contributed by atoms with Gasteiger partial charge in [-0.05, 0) is 44.2 Å². The van der Waals surface area contributed by atoms with Gasteiger partial charge in [0, 0.05) is 26.3 Å². The van der Waals surface area contributed by atoms with Crippen LogP contribution in [0.3, 0.4) is 0 Å². The molecule has 0 radical (unpaired) electrons. The fourth-order valence-corrected chi connectivity index (χ4v) is 3.66. The topological polar surface area (TPSA) is 69.0 Å². The van der Waals surface area contributed by atoms with Gasteiger partial charge in [0.05, 0.1) is 36.8 Å². The number of aryl methyl sites for hydroxylation is 1. The Morgan fingerprint density at radius 2 is 1.81 bits per heavy atom. The monoisotopic (exact) mass is 439 g/mol. The lowest BCUT2D eigenvalue weighted by molar-refractivity contribution is 0.0356. The number of para-hydroxylation sites is 1. The van der Waals surface area contributed by atoms with Crippen molar-refractivity contribution in [2.75, 3.05) is 33.9 Å². The highest BCUT2D eigenvalue weighted by molar-refractivity contribution is 5.44. The second-order valence-corrected chi connectivity index (χ2v) is 7.74. The summed E-state index contributed by atoms with van der Waals surface area (Å²) in [6.07, 6.45) is 0.413. The van der Waals surface area contributed by atoms with Crippen molar-refractivity contribution in [2.45, 2.75) is 32.9 Å². The molecule has 0 saturated carbocycles. The van der Waals surface area contributed by atoms with E-state index in [9.17, 15) is 5.11 Å². The molecule has 0 fully saturated rings. The average Bonchev–Trinajstić information content (AvgIpc) is 3.10. The summed E-state index contributed by atoms with van der Waals surface area (Å²) >= 11 is 0. The van der Waals surface area contributed by atoms with Gasteiger partial charge in [0.1, 0.15) is 11.5 Å². The maximum atomic E-state index is 10.3. The number of ether oxygens (including phenoxy) is 3. The highest BCUT2D eigenvalue weighted by Crippen LogP contribution is 2.33. The predicted molar refractivity (Wildman–Crippen MR) is 125 cm³/mol. The molecule has 7 nitrogen and oxygen atoms in total. The van der Waals surface area contributed by atoms with Crippen LogP contribution in [0, 0.1) is 6.92 Å². The quantitative estimate of drug-likeness (QED) is 0.456. The molecule has 0 aliphatic heterocycles. The van der Waals surface area contributed by atoms with Gasteiger partial charge >= 0.3 is 0 Å². The highest BCUT2D eigenvalue weighted by Gasteiger charge is 2.22. The summed E-state index contributed by atoms with van der Waals surface area (Å²) in [4.78, 5) is 2.21. The minimum absolute atomic E-state index is 0.301. The van der Waals surface area contributed by atoms with Gasteiger partial charge in [0.25, 0.3) is 0 Å². The Morgan fingerprint density at radius 3 is 2.50 bits per heavy atom. The number of aromatic nitrogens is 2. The maximum Gasteiger partial charge on any atom is 0.227 e. The smallest absolute Gasteiger partial charge is 0.227 e. The molecule has 0 spiro atoms. The zero-order valence-corrected chi connectivity index (χ0v) is 19.3. The second kappa shape index (κ2) is 11.7. The zero-order chi connectivity index (χ0) is 22.9. The summed E-state index contributed by atoms with van der Waals surface area (Å²) in [5.74, 6) is 2.05. The van der Waals surface area contributed by atoms with Crippen LogP contribution in [0.2, 0.25) is 0 Å². The third-order valence-corrected chi connectivity index (χ3v) is 5.14. The molecule has 3 rings (SSSR count). The van der Waals surface area contributed by atoms with Gasteiger partial charge in [0.2, 0.25) is 5.88 Å². The third kappa shape index (κ3) is 6.09. The Morgan fingerprint density at radius 1 is 1.06 bits per heavy atom. The minimum atomic E-state index is -0.557. The van der Waals surface area contributed by atoms with Crippen LogP contribution in [-0.2, 0) is 11.3 Å². The Balaban J connectivity index is 1.99. The molecule has 0 unspecified atom stereocenters. The number of benzene rings is 2. The Labute approximate surface area is 190 Å². The summed E-state index contributed by atoms with van der Waals surface area (Å²) in [5, 5.41) is 15.1. The van der Waals surface area contributed by atoms with Gasteiger partial charge in [-0.3, -0.25) is 4.90 Å². The summed E-state index contributed by atoms with van der Waals surface area (Å²) < 4.78 is 18.7. The van der Waals surface area contributed by atoms with Gasteiger partial charge in [-0.15, -0.1) is 0 Å². The Hall–Kier alpha value is -2.87. The standard InChI is InChI=1S/C25H33N3O4/c1-5-14-27(16-21(29)18-30-3)17-24-19(2)26-28(20-10-7-6-8-11-20)25(24)32-23-13-9-12-22(15-23)31-4/h6-13,15,21,29H,5,14,16-18H2,1-4H3/t21-/m0/s1. The van der Waals surface area contributed by atoms with E-state index in [1.54, 1.807) is 14.2 Å². The SMILES string of the molecule is CCCN(Cc1c(C)nn(-c2ccccc2)c1Oc1cccc(OC)c1)C[C@H](O)COC. The lowest BCUT2D eigenvalue weighted by Gasteiger charge is -2.24. The fourth-order valence-electron chi connectivity index (χ4n) is 3.66. The molecule has 172 valence electrons. The van der Waals surface area contributed by atoms with E-state index in [-0.39, 0.29) is 0 Å². The van der Waals surface area contributed by atoms with E-state index >= 15 is 0 Å². The van der Waals surface area contributed by atoms with Crippen LogP contribution < -0.4 is 9.47 Å². The molecule has 32 heavy (non-hydrogen) atoms. The minimum Gasteiger partial charge on any atom is -0.497 e. The van der Waals surface area contributed by atoms with Crippen molar-refractivity contribution in [3.8, 4) is 23.1 Å². The number of nitrogens with zero attached hydrogens (tertiary/aromatic N) is 3. The zero-order valence-electron chi connectivity index (χ0n) is 19.3. The van der Waals surface area contributed by atoms with Crippen LogP contribution in [0.15, 0.2) is 54.6 Å². The fraction of sp³-hybridized carbons (Fsp3) is 0.400. The van der Waals surface area contributed by atoms with Crippen molar-refractivity contribution >= 4 is 0 Å². The van der Waals surface area contributed by atoms with E-state index in [4.69, 9.17) is 19.3 Å². The molecule has 0 bridgehead atoms. The van der Waals surface area contributed by atoms with Gasteiger partial charge in [-0.1, -0.05) is 31.2 Å². The van der Waals surface area contributed by atoms with Gasteiger partial charge in [-0.25, -0.2) is 4.68 Å². The highest BCUT2D eigenvalue weighted by atomic mass is 16.5. The molecular formula is C25H33N3O4. The van der Waals surface area contributed by atoms with Crippen LogP contribution in [0.1, 0.15) is 24.6 Å². The molecule has 1 atom stereocenters. The summed E-state index contributed by atoms with van der Waals surface area (Å²) in [5.41, 5.74) is 2.78. The molecule has 0 aliphatic rings. The number of aliphatic hydroxyl groups is 1. The number of aliphatic hydroxyl groups excluding tert-OH is 1. The van der Waals surface area contributed by atoms with Crippen LogP contribution in [0.5, 0.6) is 17.4 Å². The van der Waals surface area contributed by atoms with Crippen molar-refractivity contribution in [3.05, 3.63) is 65.9 Å². The summed E-state index contributed by atoms with van der Waals surface area (Å²) in [6.45, 7) is 6.38. The first-order valence-corrected chi connectivity index (χ1v) is 10.9. The van der Waals surface area contributed by atoms with E-state index in [1.165, 1.54) is 0 Å². The molecule has 1 aromatic heterocycles.